The number of nitrogens with one attached hydrogen (secondary N) is 1. The molecule has 0 saturated carbocycles. The molecule has 0 bridgehead atoms. The minimum absolute atomic E-state index is 0.313. The van der Waals surface area contributed by atoms with E-state index >= 15 is 0 Å². The van der Waals surface area contributed by atoms with Gasteiger partial charge in [-0.25, -0.2) is 4.79 Å². The van der Waals surface area contributed by atoms with E-state index in [0.717, 1.165) is 12.0 Å². The second-order valence-corrected chi connectivity index (χ2v) is 7.41. The number of benzene rings is 1. The van der Waals surface area contributed by atoms with Crippen molar-refractivity contribution in [3.05, 3.63) is 28.8 Å². The molecule has 0 heterocycles. The maximum atomic E-state index is 11.8. The van der Waals surface area contributed by atoms with Gasteiger partial charge in [0.05, 0.1) is 0 Å². The smallest absolute Gasteiger partial charge is 0.412 e. The van der Waals surface area contributed by atoms with Crippen LogP contribution >= 0.6 is 27.5 Å². The molecule has 5 heteroatoms. The highest BCUT2D eigenvalue weighted by Crippen LogP contribution is 2.24. The lowest BCUT2D eigenvalue weighted by atomic mass is 10.1. The Morgan fingerprint density at radius 1 is 1.47 bits per heavy atom. The van der Waals surface area contributed by atoms with Crippen molar-refractivity contribution in [1.82, 2.24) is 0 Å². The molecule has 0 aromatic heterocycles. The summed E-state index contributed by atoms with van der Waals surface area (Å²) in [6, 6.07) is 5.45. The van der Waals surface area contributed by atoms with Gasteiger partial charge < -0.3 is 4.74 Å². The van der Waals surface area contributed by atoms with Gasteiger partial charge in [0.1, 0.15) is 5.60 Å². The van der Waals surface area contributed by atoms with Crippen LogP contribution in [0.25, 0.3) is 0 Å². The number of halogens is 2. The highest BCUT2D eigenvalue weighted by Gasteiger charge is 2.17. The molecule has 1 aromatic rings. The van der Waals surface area contributed by atoms with Gasteiger partial charge in [0.15, 0.2) is 0 Å². The van der Waals surface area contributed by atoms with Crippen LogP contribution in [0.4, 0.5) is 10.5 Å². The van der Waals surface area contributed by atoms with E-state index in [1.807, 2.05) is 39.8 Å². The Kier molecular flexibility index (Phi) is 5.68. The Bertz CT molecular complexity index is 455. The zero-order valence-electron chi connectivity index (χ0n) is 11.6. The molecule has 1 N–H and O–H groups in total. The largest absolute Gasteiger partial charge is 0.444 e. The summed E-state index contributed by atoms with van der Waals surface area (Å²) in [7, 11) is 0. The summed E-state index contributed by atoms with van der Waals surface area (Å²) >= 11 is 9.47. The number of ether oxygens (including phenoxy) is 1. The van der Waals surface area contributed by atoms with E-state index in [-0.39, 0.29) is 0 Å². The summed E-state index contributed by atoms with van der Waals surface area (Å²) in [5.41, 5.74) is 1.18. The molecule has 0 aliphatic heterocycles. The molecule has 0 aliphatic carbocycles. The normalized spacial score (nSPS) is 12.9. The molecule has 106 valence electrons. The first-order valence-electron chi connectivity index (χ1n) is 6.10. The first-order chi connectivity index (χ1) is 8.67. The molecule has 1 aromatic carbocycles. The van der Waals surface area contributed by atoms with Crippen molar-refractivity contribution < 1.29 is 9.53 Å². The van der Waals surface area contributed by atoms with Crippen molar-refractivity contribution in [2.24, 2.45) is 0 Å². The lowest BCUT2D eigenvalue weighted by molar-refractivity contribution is 0.0636. The van der Waals surface area contributed by atoms with E-state index in [2.05, 4.69) is 21.2 Å². The first kappa shape index (κ1) is 16.3. The molecule has 0 fully saturated rings. The highest BCUT2D eigenvalue weighted by atomic mass is 79.9. The Labute approximate surface area is 127 Å². The van der Waals surface area contributed by atoms with Crippen LogP contribution in [0.5, 0.6) is 0 Å². The predicted molar refractivity (Wildman–Crippen MR) is 83.4 cm³/mol. The van der Waals surface area contributed by atoms with Gasteiger partial charge in [-0.05, 0) is 44.9 Å². The third-order valence-electron chi connectivity index (χ3n) is 2.21. The van der Waals surface area contributed by atoms with Gasteiger partial charge >= 0.3 is 6.09 Å². The standard InChI is InChI=1S/C14H19BrClNO2/c1-9(15)7-10-5-6-11(16)8-12(10)17-13(18)19-14(2,3)4/h5-6,8-9H,7H2,1-4H3,(H,17,18). The van der Waals surface area contributed by atoms with Gasteiger partial charge in [-0.2, -0.15) is 0 Å². The fraction of sp³-hybridized carbons (Fsp3) is 0.500. The summed E-state index contributed by atoms with van der Waals surface area (Å²) in [4.78, 5) is 12.1. The van der Waals surface area contributed by atoms with E-state index in [9.17, 15) is 4.79 Å². The Hall–Kier alpha value is -0.740. The molecule has 0 aliphatic rings. The van der Waals surface area contributed by atoms with E-state index in [1.165, 1.54) is 0 Å². The third-order valence-corrected chi connectivity index (χ3v) is 2.77. The molecular formula is C14H19BrClNO2. The molecule has 3 nitrogen and oxygen atoms in total. The van der Waals surface area contributed by atoms with Crippen LogP contribution in [0.3, 0.4) is 0 Å². The van der Waals surface area contributed by atoms with Crippen molar-refractivity contribution in [2.75, 3.05) is 5.32 Å². The van der Waals surface area contributed by atoms with Gasteiger partial charge in [0, 0.05) is 15.5 Å². The monoisotopic (exact) mass is 347 g/mol. The maximum absolute atomic E-state index is 11.8. The number of alkyl halides is 1. The van der Waals surface area contributed by atoms with Crippen LogP contribution in [0.2, 0.25) is 5.02 Å². The summed E-state index contributed by atoms with van der Waals surface area (Å²) in [6.45, 7) is 7.52. The summed E-state index contributed by atoms with van der Waals surface area (Å²) in [6.07, 6.45) is 0.320. The fourth-order valence-corrected chi connectivity index (χ4v) is 2.08. The summed E-state index contributed by atoms with van der Waals surface area (Å²) < 4.78 is 5.24. The topological polar surface area (TPSA) is 38.3 Å². The molecule has 1 rings (SSSR count). The van der Waals surface area contributed by atoms with Crippen molar-refractivity contribution in [1.29, 1.82) is 0 Å². The van der Waals surface area contributed by atoms with Gasteiger partial charge in [-0.15, -0.1) is 0 Å². The Morgan fingerprint density at radius 2 is 2.11 bits per heavy atom. The van der Waals surface area contributed by atoms with Crippen LogP contribution in [-0.4, -0.2) is 16.5 Å². The van der Waals surface area contributed by atoms with Crippen LogP contribution < -0.4 is 5.32 Å². The zero-order valence-corrected chi connectivity index (χ0v) is 13.9. The molecule has 19 heavy (non-hydrogen) atoms. The summed E-state index contributed by atoms with van der Waals surface area (Å²) in [5, 5.41) is 3.33. The summed E-state index contributed by atoms with van der Waals surface area (Å²) in [5.74, 6) is 0. The Morgan fingerprint density at radius 3 is 2.63 bits per heavy atom. The van der Waals surface area contributed by atoms with Gasteiger partial charge in [-0.3, -0.25) is 5.32 Å². The number of carbonyl (C=O) groups excluding carboxylic acids is 1. The van der Waals surface area contributed by atoms with E-state index < -0.39 is 11.7 Å². The van der Waals surface area contributed by atoms with Crippen molar-refractivity contribution in [3.8, 4) is 0 Å². The van der Waals surface area contributed by atoms with E-state index in [4.69, 9.17) is 16.3 Å². The minimum Gasteiger partial charge on any atom is -0.444 e. The molecule has 1 unspecified atom stereocenters. The second kappa shape index (κ2) is 6.62. The van der Waals surface area contributed by atoms with Crippen molar-refractivity contribution in [3.63, 3.8) is 0 Å². The Balaban J connectivity index is 2.86. The third kappa shape index (κ3) is 6.30. The number of rotatable bonds is 3. The number of carbonyl (C=O) groups is 1. The lowest BCUT2D eigenvalue weighted by Crippen LogP contribution is -2.27. The van der Waals surface area contributed by atoms with E-state index in [1.54, 1.807) is 6.07 Å². The van der Waals surface area contributed by atoms with Crippen molar-refractivity contribution in [2.45, 2.75) is 44.5 Å². The minimum atomic E-state index is -0.522. The van der Waals surface area contributed by atoms with Crippen LogP contribution in [-0.2, 0) is 11.2 Å². The van der Waals surface area contributed by atoms with Gasteiger partial charge in [-0.1, -0.05) is 40.5 Å². The van der Waals surface area contributed by atoms with Crippen LogP contribution in [0, 0.1) is 0 Å². The average molecular weight is 349 g/mol. The van der Waals surface area contributed by atoms with Crippen molar-refractivity contribution >= 4 is 39.3 Å². The predicted octanol–water partition coefficient (Wildman–Crippen LogP) is 5.01. The number of hydrogen-bond acceptors (Lipinski definition) is 2. The molecular weight excluding hydrogens is 330 g/mol. The number of amides is 1. The van der Waals surface area contributed by atoms with Gasteiger partial charge in [0.25, 0.3) is 0 Å². The fourth-order valence-electron chi connectivity index (χ4n) is 1.56. The average Bonchev–Trinajstić information content (AvgIpc) is 2.18. The molecule has 0 saturated heterocycles. The van der Waals surface area contributed by atoms with Crippen LogP contribution in [0.1, 0.15) is 33.3 Å². The maximum Gasteiger partial charge on any atom is 0.412 e. The quantitative estimate of drug-likeness (QED) is 0.779. The van der Waals surface area contributed by atoms with Gasteiger partial charge in [0.2, 0.25) is 0 Å². The first-order valence-corrected chi connectivity index (χ1v) is 7.39. The second-order valence-electron chi connectivity index (χ2n) is 5.41. The zero-order chi connectivity index (χ0) is 14.6. The number of anilines is 1. The molecule has 0 spiro atoms. The lowest BCUT2D eigenvalue weighted by Gasteiger charge is -2.20. The number of hydrogen-bond donors (Lipinski definition) is 1. The molecule has 1 amide bonds. The molecule has 1 atom stereocenters. The highest BCUT2D eigenvalue weighted by molar-refractivity contribution is 9.09. The molecule has 0 radical (unpaired) electrons. The SMILES string of the molecule is CC(Br)Cc1ccc(Cl)cc1NC(=O)OC(C)(C)C. The van der Waals surface area contributed by atoms with Crippen LogP contribution in [0.15, 0.2) is 18.2 Å². The van der Waals surface area contributed by atoms with E-state index in [0.29, 0.717) is 15.5 Å².